The highest BCUT2D eigenvalue weighted by Crippen LogP contribution is 2.40. The normalized spacial score (nSPS) is 22.6. The molecular formula is C19H24N4O2S2. The van der Waals surface area contributed by atoms with Crippen molar-refractivity contribution in [2.45, 2.75) is 56.5 Å². The molecule has 2 atom stereocenters. The van der Waals surface area contributed by atoms with E-state index in [4.69, 9.17) is 5.73 Å². The molecule has 0 saturated carbocycles. The molecule has 8 heteroatoms. The van der Waals surface area contributed by atoms with Crippen LogP contribution in [0.5, 0.6) is 0 Å². The standard InChI is InChI=1S/C19H24N4O2S2/c1-11-5-6-12-14(8-11)27-19-16(12)18(21-10-22-19)26-9-15(24)23-7-3-2-4-13(23)17(20)25/h10-11,13H,2-9H2,1H3,(H2,20,25)/t11-,13+/m1/s1. The number of aryl methyl sites for hydroxylation is 1. The molecule has 1 fully saturated rings. The van der Waals surface area contributed by atoms with Crippen molar-refractivity contribution in [2.75, 3.05) is 12.3 Å². The Morgan fingerprint density at radius 1 is 1.33 bits per heavy atom. The second kappa shape index (κ2) is 7.75. The Labute approximate surface area is 166 Å². The number of aromatic nitrogens is 2. The summed E-state index contributed by atoms with van der Waals surface area (Å²) >= 11 is 3.22. The van der Waals surface area contributed by atoms with Crippen LogP contribution >= 0.6 is 23.1 Å². The Morgan fingerprint density at radius 3 is 3.00 bits per heavy atom. The lowest BCUT2D eigenvalue weighted by atomic mass is 9.89. The molecule has 2 N–H and O–H groups in total. The summed E-state index contributed by atoms with van der Waals surface area (Å²) in [6.07, 6.45) is 7.47. The van der Waals surface area contributed by atoms with E-state index in [-0.39, 0.29) is 11.7 Å². The number of hydrogen-bond acceptors (Lipinski definition) is 6. The monoisotopic (exact) mass is 404 g/mol. The third-order valence-electron chi connectivity index (χ3n) is 5.54. The molecule has 0 spiro atoms. The van der Waals surface area contributed by atoms with Crippen molar-refractivity contribution in [1.82, 2.24) is 14.9 Å². The van der Waals surface area contributed by atoms with Gasteiger partial charge in [-0.1, -0.05) is 18.7 Å². The third-order valence-corrected chi connectivity index (χ3v) is 7.68. The first-order valence-corrected chi connectivity index (χ1v) is 11.3. The maximum atomic E-state index is 12.7. The molecule has 0 aromatic carbocycles. The zero-order valence-electron chi connectivity index (χ0n) is 15.4. The number of amides is 2. The van der Waals surface area contributed by atoms with Gasteiger partial charge in [0.05, 0.1) is 5.75 Å². The highest BCUT2D eigenvalue weighted by molar-refractivity contribution is 8.00. The molecule has 0 unspecified atom stereocenters. The minimum atomic E-state index is -0.465. The molecule has 0 radical (unpaired) electrons. The summed E-state index contributed by atoms with van der Waals surface area (Å²) < 4.78 is 0. The number of carbonyl (C=O) groups excluding carboxylic acids is 2. The van der Waals surface area contributed by atoms with Gasteiger partial charge in [0.15, 0.2) is 0 Å². The lowest BCUT2D eigenvalue weighted by Crippen LogP contribution is -2.51. The zero-order valence-corrected chi connectivity index (χ0v) is 17.1. The fraction of sp³-hybridized carbons (Fsp3) is 0.579. The number of likely N-dealkylation sites (tertiary alicyclic amines) is 1. The Kier molecular flexibility index (Phi) is 5.36. The number of rotatable bonds is 4. The van der Waals surface area contributed by atoms with Gasteiger partial charge in [0.1, 0.15) is 22.2 Å². The molecule has 2 aromatic heterocycles. The summed E-state index contributed by atoms with van der Waals surface area (Å²) in [5, 5.41) is 2.01. The molecule has 4 rings (SSSR count). The van der Waals surface area contributed by atoms with Crippen molar-refractivity contribution in [3.63, 3.8) is 0 Å². The number of nitrogens with zero attached hydrogens (tertiary/aromatic N) is 3. The molecule has 1 aliphatic carbocycles. The summed E-state index contributed by atoms with van der Waals surface area (Å²) in [6.45, 7) is 2.90. The van der Waals surface area contributed by atoms with Gasteiger partial charge in [0.25, 0.3) is 0 Å². The van der Waals surface area contributed by atoms with Gasteiger partial charge in [0, 0.05) is 16.8 Å². The highest BCUT2D eigenvalue weighted by Gasteiger charge is 2.31. The first kappa shape index (κ1) is 18.7. The molecule has 2 aromatic rings. The molecule has 0 bridgehead atoms. The number of carbonyl (C=O) groups is 2. The van der Waals surface area contributed by atoms with Crippen LogP contribution in [0.15, 0.2) is 11.4 Å². The number of nitrogens with two attached hydrogens (primary N) is 1. The molecule has 144 valence electrons. The van der Waals surface area contributed by atoms with E-state index in [1.165, 1.54) is 28.6 Å². The van der Waals surface area contributed by atoms with Gasteiger partial charge in [-0.05, 0) is 50.0 Å². The minimum Gasteiger partial charge on any atom is -0.368 e. The van der Waals surface area contributed by atoms with Crippen molar-refractivity contribution < 1.29 is 9.59 Å². The van der Waals surface area contributed by atoms with Crippen LogP contribution in [0.25, 0.3) is 10.2 Å². The molecule has 6 nitrogen and oxygen atoms in total. The smallest absolute Gasteiger partial charge is 0.240 e. The number of piperidine rings is 1. The van der Waals surface area contributed by atoms with E-state index in [0.717, 1.165) is 40.9 Å². The van der Waals surface area contributed by atoms with Gasteiger partial charge >= 0.3 is 0 Å². The Balaban J connectivity index is 1.54. The average Bonchev–Trinajstić information content (AvgIpc) is 3.04. The van der Waals surface area contributed by atoms with Crippen LogP contribution in [0.3, 0.4) is 0 Å². The SMILES string of the molecule is C[C@@H]1CCc2c(sc3ncnc(SCC(=O)N4CCCC[C@H]4C(N)=O)c23)C1. The predicted molar refractivity (Wildman–Crippen MR) is 108 cm³/mol. The van der Waals surface area contributed by atoms with Crippen LogP contribution in [0.1, 0.15) is 43.0 Å². The predicted octanol–water partition coefficient (Wildman–Crippen LogP) is 2.77. The Bertz CT molecular complexity index is 882. The van der Waals surface area contributed by atoms with Crippen molar-refractivity contribution in [3.05, 3.63) is 16.8 Å². The van der Waals surface area contributed by atoms with Crippen LogP contribution in [0.2, 0.25) is 0 Å². The fourth-order valence-corrected chi connectivity index (χ4v) is 6.42. The maximum Gasteiger partial charge on any atom is 0.240 e. The second-order valence-electron chi connectivity index (χ2n) is 7.50. The molecular weight excluding hydrogens is 380 g/mol. The Morgan fingerprint density at radius 2 is 2.19 bits per heavy atom. The van der Waals surface area contributed by atoms with Gasteiger partial charge in [-0.25, -0.2) is 9.97 Å². The van der Waals surface area contributed by atoms with Gasteiger partial charge < -0.3 is 10.6 Å². The van der Waals surface area contributed by atoms with Gasteiger partial charge in [-0.2, -0.15) is 0 Å². The number of thioether (sulfide) groups is 1. The van der Waals surface area contributed by atoms with E-state index in [2.05, 4.69) is 16.9 Å². The molecule has 2 amide bonds. The third kappa shape index (κ3) is 3.69. The Hall–Kier alpha value is -1.67. The van der Waals surface area contributed by atoms with Gasteiger partial charge in [-0.3, -0.25) is 9.59 Å². The quantitative estimate of drug-likeness (QED) is 0.625. The molecule has 27 heavy (non-hydrogen) atoms. The van der Waals surface area contributed by atoms with Crippen molar-refractivity contribution in [3.8, 4) is 0 Å². The molecule has 3 heterocycles. The van der Waals surface area contributed by atoms with E-state index in [9.17, 15) is 9.59 Å². The van der Waals surface area contributed by atoms with E-state index in [0.29, 0.717) is 18.9 Å². The zero-order chi connectivity index (χ0) is 19.0. The summed E-state index contributed by atoms with van der Waals surface area (Å²) in [4.78, 5) is 37.5. The van der Waals surface area contributed by atoms with Gasteiger partial charge in [0.2, 0.25) is 11.8 Å². The molecule has 1 saturated heterocycles. The fourth-order valence-electron chi connectivity index (χ4n) is 4.09. The molecule has 1 aliphatic heterocycles. The van der Waals surface area contributed by atoms with Crippen molar-refractivity contribution in [2.24, 2.45) is 11.7 Å². The number of thiophene rings is 1. The van der Waals surface area contributed by atoms with E-state index >= 15 is 0 Å². The first-order valence-electron chi connectivity index (χ1n) is 9.51. The van der Waals surface area contributed by atoms with Crippen LogP contribution in [0, 0.1) is 5.92 Å². The lowest BCUT2D eigenvalue weighted by Gasteiger charge is -2.33. The second-order valence-corrected chi connectivity index (χ2v) is 9.55. The number of primary amides is 1. The van der Waals surface area contributed by atoms with Crippen LogP contribution in [-0.2, 0) is 22.4 Å². The summed E-state index contributed by atoms with van der Waals surface area (Å²) in [6, 6.07) is -0.465. The minimum absolute atomic E-state index is 0.0343. The number of hydrogen-bond donors (Lipinski definition) is 1. The summed E-state index contributed by atoms with van der Waals surface area (Å²) in [5.74, 6) is 0.546. The van der Waals surface area contributed by atoms with Crippen molar-refractivity contribution in [1.29, 1.82) is 0 Å². The number of fused-ring (bicyclic) bond motifs is 3. The summed E-state index contributed by atoms with van der Waals surface area (Å²) in [5.41, 5.74) is 6.86. The average molecular weight is 405 g/mol. The van der Waals surface area contributed by atoms with E-state index in [1.807, 2.05) is 0 Å². The van der Waals surface area contributed by atoms with E-state index in [1.54, 1.807) is 22.6 Å². The largest absolute Gasteiger partial charge is 0.368 e. The van der Waals surface area contributed by atoms with Crippen LogP contribution in [-0.4, -0.2) is 45.0 Å². The van der Waals surface area contributed by atoms with Crippen LogP contribution in [0.4, 0.5) is 0 Å². The summed E-state index contributed by atoms with van der Waals surface area (Å²) in [7, 11) is 0. The highest BCUT2D eigenvalue weighted by atomic mass is 32.2. The molecule has 2 aliphatic rings. The van der Waals surface area contributed by atoms with Crippen LogP contribution < -0.4 is 5.73 Å². The van der Waals surface area contributed by atoms with Crippen molar-refractivity contribution >= 4 is 45.1 Å². The maximum absolute atomic E-state index is 12.7. The van der Waals surface area contributed by atoms with Gasteiger partial charge in [-0.15, -0.1) is 11.3 Å². The van der Waals surface area contributed by atoms with E-state index < -0.39 is 11.9 Å². The topological polar surface area (TPSA) is 89.2 Å². The lowest BCUT2D eigenvalue weighted by molar-refractivity contribution is -0.138. The first-order chi connectivity index (χ1) is 13.0.